The highest BCUT2D eigenvalue weighted by Crippen LogP contribution is 2.18. The SMILES string of the molecule is C[C@@H](OC(=O)c1ccccc1Br)C(=O)NC(=O)NC1CCCCC1. The Morgan fingerprint density at radius 1 is 1.17 bits per heavy atom. The predicted octanol–water partition coefficient (Wildman–Crippen LogP) is 3.15. The molecular weight excluding hydrogens is 376 g/mol. The minimum absolute atomic E-state index is 0.102. The number of amides is 3. The van der Waals surface area contributed by atoms with Gasteiger partial charge in [-0.1, -0.05) is 31.4 Å². The van der Waals surface area contributed by atoms with Gasteiger partial charge < -0.3 is 10.1 Å². The molecule has 0 bridgehead atoms. The van der Waals surface area contributed by atoms with E-state index in [0.29, 0.717) is 10.0 Å². The fourth-order valence-electron chi connectivity index (χ4n) is 2.59. The summed E-state index contributed by atoms with van der Waals surface area (Å²) in [6.07, 6.45) is 4.13. The Labute approximate surface area is 149 Å². The second-order valence-corrected chi connectivity index (χ2v) is 6.68. The van der Waals surface area contributed by atoms with Gasteiger partial charge in [0.15, 0.2) is 6.10 Å². The summed E-state index contributed by atoms with van der Waals surface area (Å²) in [5, 5.41) is 5.00. The van der Waals surface area contributed by atoms with Crippen LogP contribution in [0.15, 0.2) is 28.7 Å². The van der Waals surface area contributed by atoms with E-state index < -0.39 is 24.0 Å². The van der Waals surface area contributed by atoms with Gasteiger partial charge in [0.1, 0.15) is 0 Å². The highest BCUT2D eigenvalue weighted by molar-refractivity contribution is 9.10. The molecule has 1 saturated carbocycles. The van der Waals surface area contributed by atoms with E-state index in [1.165, 1.54) is 13.3 Å². The molecule has 1 atom stereocenters. The van der Waals surface area contributed by atoms with Gasteiger partial charge in [0.25, 0.3) is 5.91 Å². The average Bonchev–Trinajstić information content (AvgIpc) is 2.55. The molecule has 6 nitrogen and oxygen atoms in total. The van der Waals surface area contributed by atoms with Crippen molar-refractivity contribution < 1.29 is 19.1 Å². The number of benzene rings is 1. The second-order valence-electron chi connectivity index (χ2n) is 5.83. The van der Waals surface area contributed by atoms with Gasteiger partial charge in [-0.15, -0.1) is 0 Å². The van der Waals surface area contributed by atoms with E-state index in [-0.39, 0.29) is 6.04 Å². The van der Waals surface area contributed by atoms with Crippen molar-refractivity contribution in [3.8, 4) is 0 Å². The molecule has 2 rings (SSSR count). The van der Waals surface area contributed by atoms with Crippen LogP contribution in [0.25, 0.3) is 0 Å². The van der Waals surface area contributed by atoms with Crippen LogP contribution in [0, 0.1) is 0 Å². The number of hydrogen-bond donors (Lipinski definition) is 2. The largest absolute Gasteiger partial charge is 0.449 e. The van der Waals surface area contributed by atoms with Crippen molar-refractivity contribution in [1.82, 2.24) is 10.6 Å². The summed E-state index contributed by atoms with van der Waals surface area (Å²) in [5.74, 6) is -1.28. The van der Waals surface area contributed by atoms with Crippen molar-refractivity contribution >= 4 is 33.8 Å². The number of nitrogens with one attached hydrogen (secondary N) is 2. The minimum atomic E-state index is -1.07. The molecule has 2 N–H and O–H groups in total. The molecule has 1 fully saturated rings. The van der Waals surface area contributed by atoms with Crippen molar-refractivity contribution in [2.45, 2.75) is 51.2 Å². The highest BCUT2D eigenvalue weighted by atomic mass is 79.9. The van der Waals surface area contributed by atoms with Crippen molar-refractivity contribution in [1.29, 1.82) is 0 Å². The van der Waals surface area contributed by atoms with Crippen LogP contribution in [0.5, 0.6) is 0 Å². The second kappa shape index (κ2) is 8.82. The molecule has 7 heteroatoms. The van der Waals surface area contributed by atoms with E-state index in [0.717, 1.165) is 25.7 Å². The quantitative estimate of drug-likeness (QED) is 0.765. The maximum atomic E-state index is 12.1. The lowest BCUT2D eigenvalue weighted by molar-refractivity contribution is -0.127. The Balaban J connectivity index is 1.82. The predicted molar refractivity (Wildman–Crippen MR) is 92.6 cm³/mol. The summed E-state index contributed by atoms with van der Waals surface area (Å²) in [5.41, 5.74) is 0.323. The Kier molecular flexibility index (Phi) is 6.78. The van der Waals surface area contributed by atoms with Crippen molar-refractivity contribution in [3.05, 3.63) is 34.3 Å². The van der Waals surface area contributed by atoms with Gasteiger partial charge in [-0.2, -0.15) is 0 Å². The van der Waals surface area contributed by atoms with Gasteiger partial charge >= 0.3 is 12.0 Å². The third kappa shape index (κ3) is 5.33. The zero-order valence-corrected chi connectivity index (χ0v) is 15.1. The van der Waals surface area contributed by atoms with Crippen molar-refractivity contribution in [2.24, 2.45) is 0 Å². The summed E-state index contributed by atoms with van der Waals surface area (Å²) in [4.78, 5) is 35.9. The summed E-state index contributed by atoms with van der Waals surface area (Å²) >= 11 is 3.25. The topological polar surface area (TPSA) is 84.5 Å². The molecule has 0 aromatic heterocycles. The minimum Gasteiger partial charge on any atom is -0.449 e. The van der Waals surface area contributed by atoms with Gasteiger partial charge in [0.2, 0.25) is 0 Å². The summed E-state index contributed by atoms with van der Waals surface area (Å²) in [6.45, 7) is 1.43. The van der Waals surface area contributed by atoms with E-state index in [2.05, 4.69) is 26.6 Å². The lowest BCUT2D eigenvalue weighted by atomic mass is 9.96. The van der Waals surface area contributed by atoms with Crippen LogP contribution in [-0.4, -0.2) is 30.1 Å². The van der Waals surface area contributed by atoms with Crippen LogP contribution in [0.2, 0.25) is 0 Å². The number of rotatable bonds is 4. The van der Waals surface area contributed by atoms with E-state index in [4.69, 9.17) is 4.74 Å². The number of ether oxygens (including phenoxy) is 1. The lowest BCUT2D eigenvalue weighted by Gasteiger charge is -2.23. The molecule has 0 radical (unpaired) electrons. The van der Waals surface area contributed by atoms with Crippen LogP contribution in [-0.2, 0) is 9.53 Å². The number of carbonyl (C=O) groups is 3. The number of carbonyl (C=O) groups excluding carboxylic acids is 3. The van der Waals surface area contributed by atoms with E-state index in [1.807, 2.05) is 0 Å². The van der Waals surface area contributed by atoms with Crippen LogP contribution in [0.3, 0.4) is 0 Å². The molecule has 0 heterocycles. The number of esters is 1. The third-order valence-electron chi connectivity index (χ3n) is 3.92. The first-order chi connectivity index (χ1) is 11.5. The van der Waals surface area contributed by atoms with Crippen LogP contribution in [0.4, 0.5) is 4.79 Å². The Hall–Kier alpha value is -1.89. The molecule has 1 aliphatic carbocycles. The molecule has 1 aliphatic rings. The number of hydrogen-bond acceptors (Lipinski definition) is 4. The molecule has 0 aliphatic heterocycles. The Morgan fingerprint density at radius 3 is 2.50 bits per heavy atom. The lowest BCUT2D eigenvalue weighted by Crippen LogP contribution is -2.48. The summed E-state index contributed by atoms with van der Waals surface area (Å²) in [6, 6.07) is 6.32. The normalized spacial score (nSPS) is 16.1. The fraction of sp³-hybridized carbons (Fsp3) is 0.471. The molecule has 0 spiro atoms. The first kappa shape index (κ1) is 18.4. The van der Waals surface area contributed by atoms with Crippen LogP contribution >= 0.6 is 15.9 Å². The molecule has 0 saturated heterocycles. The Morgan fingerprint density at radius 2 is 1.83 bits per heavy atom. The first-order valence-electron chi connectivity index (χ1n) is 8.04. The van der Waals surface area contributed by atoms with Gasteiger partial charge in [0, 0.05) is 10.5 Å². The summed E-state index contributed by atoms with van der Waals surface area (Å²) < 4.78 is 5.69. The fourth-order valence-corrected chi connectivity index (χ4v) is 3.03. The van der Waals surface area contributed by atoms with E-state index in [1.54, 1.807) is 24.3 Å². The van der Waals surface area contributed by atoms with E-state index in [9.17, 15) is 14.4 Å². The number of urea groups is 1. The molecule has 3 amide bonds. The number of halogens is 1. The summed E-state index contributed by atoms with van der Waals surface area (Å²) in [7, 11) is 0. The van der Waals surface area contributed by atoms with Gasteiger partial charge in [0.05, 0.1) is 5.56 Å². The highest BCUT2D eigenvalue weighted by Gasteiger charge is 2.23. The molecule has 24 heavy (non-hydrogen) atoms. The molecule has 1 aromatic rings. The monoisotopic (exact) mass is 396 g/mol. The Bertz CT molecular complexity index is 614. The standard InChI is InChI=1S/C17H21BrN2O4/c1-11(24-16(22)13-9-5-6-10-14(13)18)15(21)20-17(23)19-12-7-3-2-4-8-12/h5-6,9-12H,2-4,7-8H2,1H3,(H2,19,20,21,23)/t11-/m1/s1. The molecule has 0 unspecified atom stereocenters. The van der Waals surface area contributed by atoms with Gasteiger partial charge in [-0.3, -0.25) is 10.1 Å². The first-order valence-corrected chi connectivity index (χ1v) is 8.83. The van der Waals surface area contributed by atoms with Crippen molar-refractivity contribution in [3.63, 3.8) is 0 Å². The third-order valence-corrected chi connectivity index (χ3v) is 4.62. The maximum absolute atomic E-state index is 12.1. The molecule has 130 valence electrons. The van der Waals surface area contributed by atoms with E-state index >= 15 is 0 Å². The molecular formula is C17H21BrN2O4. The van der Waals surface area contributed by atoms with Crippen molar-refractivity contribution in [2.75, 3.05) is 0 Å². The van der Waals surface area contributed by atoms with Crippen LogP contribution < -0.4 is 10.6 Å². The zero-order chi connectivity index (χ0) is 17.5. The van der Waals surface area contributed by atoms with Crippen LogP contribution in [0.1, 0.15) is 49.4 Å². The van der Waals surface area contributed by atoms with Gasteiger partial charge in [-0.25, -0.2) is 9.59 Å². The zero-order valence-electron chi connectivity index (χ0n) is 13.5. The smallest absolute Gasteiger partial charge is 0.340 e. The number of imide groups is 1. The molecule has 1 aromatic carbocycles. The average molecular weight is 397 g/mol. The van der Waals surface area contributed by atoms with Gasteiger partial charge in [-0.05, 0) is 47.8 Å². The maximum Gasteiger partial charge on any atom is 0.340 e.